The third kappa shape index (κ3) is 5.87. The second-order valence-electron chi connectivity index (χ2n) is 10.1. The van der Waals surface area contributed by atoms with E-state index in [1.54, 1.807) is 4.90 Å². The van der Waals surface area contributed by atoms with E-state index in [0.29, 0.717) is 57.3 Å². The van der Waals surface area contributed by atoms with Crippen molar-refractivity contribution >= 4 is 11.7 Å². The van der Waals surface area contributed by atoms with Crippen LogP contribution in [0.2, 0.25) is 0 Å². The highest BCUT2D eigenvalue weighted by atomic mass is 19.4. The van der Waals surface area contributed by atoms with Crippen LogP contribution in [0, 0.1) is 5.82 Å². The topological polar surface area (TPSA) is 81.6 Å². The molecule has 0 bridgehead atoms. The van der Waals surface area contributed by atoms with Gasteiger partial charge in [-0.05, 0) is 43.0 Å². The largest absolute Gasteiger partial charge is 0.419 e. The molecule has 0 spiro atoms. The number of hydrogen-bond donors (Lipinski definition) is 2. The SMILES string of the molecule is CC(C)NCC[C@@H](C(=O)N1CCN(c2ncnc3c2[C@H](C)C[C@@H]3O)CC1)c1ccc(C(F)(F)F)c(F)c1. The van der Waals surface area contributed by atoms with Crippen LogP contribution < -0.4 is 10.2 Å². The van der Waals surface area contributed by atoms with Gasteiger partial charge in [-0.3, -0.25) is 4.79 Å². The van der Waals surface area contributed by atoms with Crippen LogP contribution >= 0.6 is 0 Å². The van der Waals surface area contributed by atoms with E-state index in [1.165, 1.54) is 12.4 Å². The normalized spacial score (nSPS) is 20.9. The minimum absolute atomic E-state index is 0.119. The van der Waals surface area contributed by atoms with Gasteiger partial charge in [0.15, 0.2) is 0 Å². The van der Waals surface area contributed by atoms with E-state index in [4.69, 9.17) is 0 Å². The number of carbonyl (C=O) groups excluding carboxylic acids is 1. The minimum atomic E-state index is -4.80. The Kier molecular flexibility index (Phi) is 8.03. The van der Waals surface area contributed by atoms with Gasteiger partial charge in [-0.2, -0.15) is 13.2 Å². The molecular weight excluding hydrogens is 490 g/mol. The average molecular weight is 524 g/mol. The van der Waals surface area contributed by atoms with Crippen LogP contribution in [0.3, 0.4) is 0 Å². The van der Waals surface area contributed by atoms with Gasteiger partial charge < -0.3 is 20.2 Å². The van der Waals surface area contributed by atoms with Crippen molar-refractivity contribution in [3.8, 4) is 0 Å². The van der Waals surface area contributed by atoms with Crippen LogP contribution in [0.1, 0.15) is 73.9 Å². The summed E-state index contributed by atoms with van der Waals surface area (Å²) in [5, 5.41) is 13.5. The number of aliphatic hydroxyl groups excluding tert-OH is 1. The Morgan fingerprint density at radius 2 is 1.89 bits per heavy atom. The number of fused-ring (bicyclic) bond motifs is 1. The zero-order valence-corrected chi connectivity index (χ0v) is 21.2. The number of aromatic nitrogens is 2. The van der Waals surface area contributed by atoms with Crippen LogP contribution in [-0.2, 0) is 11.0 Å². The van der Waals surface area contributed by atoms with Crippen molar-refractivity contribution in [2.75, 3.05) is 37.6 Å². The molecule has 2 aromatic rings. The van der Waals surface area contributed by atoms with Crippen molar-refractivity contribution in [1.82, 2.24) is 20.2 Å². The Hall–Kier alpha value is -2.79. The van der Waals surface area contributed by atoms with Crippen LogP contribution in [0.15, 0.2) is 24.5 Å². The van der Waals surface area contributed by atoms with Gasteiger partial charge in [0.2, 0.25) is 5.91 Å². The van der Waals surface area contributed by atoms with E-state index in [1.807, 2.05) is 20.8 Å². The third-order valence-electron chi connectivity index (χ3n) is 7.15. The number of aliphatic hydroxyl groups is 1. The molecule has 0 radical (unpaired) electrons. The van der Waals surface area contributed by atoms with Crippen LogP contribution in [0.4, 0.5) is 23.4 Å². The molecule has 1 fully saturated rings. The number of nitrogens with zero attached hydrogens (tertiary/aromatic N) is 4. The number of hydrogen-bond acceptors (Lipinski definition) is 6. The number of piperazine rings is 1. The first-order valence-corrected chi connectivity index (χ1v) is 12.6. The molecule has 0 saturated carbocycles. The summed E-state index contributed by atoms with van der Waals surface area (Å²) in [6.07, 6.45) is -3.04. The highest BCUT2D eigenvalue weighted by Gasteiger charge is 2.37. The number of carbonyl (C=O) groups is 1. The van der Waals surface area contributed by atoms with Gasteiger partial charge in [-0.25, -0.2) is 14.4 Å². The number of halogens is 4. The molecule has 1 aromatic heterocycles. The fourth-order valence-corrected chi connectivity index (χ4v) is 5.24. The van der Waals surface area contributed by atoms with E-state index in [-0.39, 0.29) is 23.4 Å². The number of alkyl halides is 3. The molecule has 1 aliphatic heterocycles. The summed E-state index contributed by atoms with van der Waals surface area (Å²) in [7, 11) is 0. The predicted octanol–water partition coefficient (Wildman–Crippen LogP) is 4.00. The molecule has 1 aromatic carbocycles. The van der Waals surface area contributed by atoms with Gasteiger partial charge in [0, 0.05) is 37.8 Å². The Bertz CT molecular complexity index is 1120. The zero-order chi connectivity index (χ0) is 26.9. The summed E-state index contributed by atoms with van der Waals surface area (Å²) >= 11 is 0. The summed E-state index contributed by atoms with van der Waals surface area (Å²) in [6.45, 7) is 8.21. The third-order valence-corrected chi connectivity index (χ3v) is 7.15. The predicted molar refractivity (Wildman–Crippen MR) is 131 cm³/mol. The Balaban J connectivity index is 1.50. The summed E-state index contributed by atoms with van der Waals surface area (Å²) < 4.78 is 53.6. The highest BCUT2D eigenvalue weighted by Crippen LogP contribution is 2.43. The van der Waals surface area contributed by atoms with Crippen molar-refractivity contribution in [3.05, 3.63) is 52.7 Å². The molecular formula is C26H33F4N5O2. The maximum atomic E-state index is 14.4. The number of amides is 1. The van der Waals surface area contributed by atoms with E-state index in [2.05, 4.69) is 20.2 Å². The average Bonchev–Trinajstić information content (AvgIpc) is 3.14. The van der Waals surface area contributed by atoms with Crippen molar-refractivity contribution < 1.29 is 27.5 Å². The van der Waals surface area contributed by atoms with E-state index >= 15 is 0 Å². The molecule has 1 amide bonds. The molecule has 0 unspecified atom stereocenters. The van der Waals surface area contributed by atoms with Crippen LogP contribution in [-0.4, -0.2) is 64.6 Å². The lowest BCUT2D eigenvalue weighted by molar-refractivity contribution is -0.140. The van der Waals surface area contributed by atoms with Crippen LogP contribution in [0.5, 0.6) is 0 Å². The lowest BCUT2D eigenvalue weighted by Gasteiger charge is -2.38. The monoisotopic (exact) mass is 523 g/mol. The van der Waals surface area contributed by atoms with Crippen molar-refractivity contribution in [3.63, 3.8) is 0 Å². The van der Waals surface area contributed by atoms with Gasteiger partial charge in [0.25, 0.3) is 0 Å². The Labute approximate surface area is 213 Å². The van der Waals surface area contributed by atoms with E-state index in [9.17, 15) is 27.5 Å². The summed E-state index contributed by atoms with van der Waals surface area (Å²) in [5.74, 6) is -1.50. The van der Waals surface area contributed by atoms with Gasteiger partial charge in [0.05, 0.1) is 23.3 Å². The number of anilines is 1. The first-order chi connectivity index (χ1) is 17.5. The van der Waals surface area contributed by atoms with E-state index < -0.39 is 29.6 Å². The summed E-state index contributed by atoms with van der Waals surface area (Å²) in [4.78, 5) is 26.1. The van der Waals surface area contributed by atoms with Gasteiger partial charge in [-0.1, -0.05) is 26.8 Å². The molecule has 11 heteroatoms. The molecule has 2 heterocycles. The molecule has 7 nitrogen and oxygen atoms in total. The molecule has 37 heavy (non-hydrogen) atoms. The van der Waals surface area contributed by atoms with E-state index in [0.717, 1.165) is 17.4 Å². The molecule has 1 saturated heterocycles. The molecule has 3 atom stereocenters. The first kappa shape index (κ1) is 27.3. The number of benzene rings is 1. The molecule has 2 N–H and O–H groups in total. The number of nitrogens with one attached hydrogen (secondary N) is 1. The first-order valence-electron chi connectivity index (χ1n) is 12.6. The number of rotatable bonds is 7. The fourth-order valence-electron chi connectivity index (χ4n) is 5.24. The fraction of sp³-hybridized carbons (Fsp3) is 0.577. The Morgan fingerprint density at radius 3 is 2.51 bits per heavy atom. The summed E-state index contributed by atoms with van der Waals surface area (Å²) in [5.41, 5.74) is 0.485. The van der Waals surface area contributed by atoms with Crippen LogP contribution in [0.25, 0.3) is 0 Å². The molecule has 2 aliphatic rings. The van der Waals surface area contributed by atoms with Crippen molar-refractivity contribution in [2.45, 2.75) is 63.8 Å². The maximum absolute atomic E-state index is 14.4. The van der Waals surface area contributed by atoms with Gasteiger partial charge in [0.1, 0.15) is 18.0 Å². The maximum Gasteiger partial charge on any atom is 0.419 e. The zero-order valence-electron chi connectivity index (χ0n) is 21.2. The second kappa shape index (κ2) is 10.9. The van der Waals surface area contributed by atoms with Crippen molar-refractivity contribution in [1.29, 1.82) is 0 Å². The summed E-state index contributed by atoms with van der Waals surface area (Å²) in [6, 6.07) is 2.92. The second-order valence-corrected chi connectivity index (χ2v) is 10.1. The lowest BCUT2D eigenvalue weighted by atomic mass is 9.92. The Morgan fingerprint density at radius 1 is 1.19 bits per heavy atom. The van der Waals surface area contributed by atoms with Gasteiger partial charge in [-0.15, -0.1) is 0 Å². The lowest BCUT2D eigenvalue weighted by Crippen LogP contribution is -2.50. The van der Waals surface area contributed by atoms with Gasteiger partial charge >= 0.3 is 6.18 Å². The quantitative estimate of drug-likeness (QED) is 0.534. The molecule has 202 valence electrons. The molecule has 1 aliphatic carbocycles. The minimum Gasteiger partial charge on any atom is -0.387 e. The van der Waals surface area contributed by atoms with Crippen molar-refractivity contribution in [2.24, 2.45) is 0 Å². The smallest absolute Gasteiger partial charge is 0.387 e. The molecule has 4 rings (SSSR count). The standard InChI is InChI=1S/C26H33F4N5O2/c1-15(2)31-7-6-18(17-4-5-19(20(27)13-17)26(28,29)30)25(37)35-10-8-34(9-11-35)24-22-16(3)12-21(36)23(22)32-14-33-24/h4-5,13-16,18,21,31,36H,6-12H2,1-3H3/t16-,18-,21+/m1/s1. The highest BCUT2D eigenvalue weighted by molar-refractivity contribution is 5.84.